The Kier molecular flexibility index (Phi) is 2.89. The van der Waals surface area contributed by atoms with E-state index in [1.807, 2.05) is 0 Å². The van der Waals surface area contributed by atoms with Crippen LogP contribution >= 0.6 is 0 Å². The monoisotopic (exact) mass is 258 g/mol. The Hall–Kier alpha value is -1.30. The molecule has 18 heavy (non-hydrogen) atoms. The third-order valence-corrected chi connectivity index (χ3v) is 3.62. The summed E-state index contributed by atoms with van der Waals surface area (Å²) in [5.74, 6) is -3.43. The summed E-state index contributed by atoms with van der Waals surface area (Å²) in [5.41, 5.74) is 0. The van der Waals surface area contributed by atoms with E-state index in [9.17, 15) is 13.2 Å². The van der Waals surface area contributed by atoms with Gasteiger partial charge in [-0.05, 0) is 19.3 Å². The zero-order chi connectivity index (χ0) is 12.7. The van der Waals surface area contributed by atoms with Crippen molar-refractivity contribution in [3.8, 4) is 0 Å². The standard InChI is InChI=1S/C12H13F3N2O/c13-7-6-8(14)12(16-11(7)15)17-4-5-18-10-3-1-2-9(10)17/h6,9-10H,1-5H2. The van der Waals surface area contributed by atoms with Gasteiger partial charge in [0.1, 0.15) is 0 Å². The molecule has 2 fully saturated rings. The number of pyridine rings is 1. The quantitative estimate of drug-likeness (QED) is 0.722. The predicted octanol–water partition coefficient (Wildman–Crippen LogP) is 2.26. The molecule has 1 aliphatic carbocycles. The highest BCUT2D eigenvalue weighted by Crippen LogP contribution is 2.33. The van der Waals surface area contributed by atoms with Gasteiger partial charge in [-0.2, -0.15) is 9.37 Å². The molecule has 6 heteroatoms. The Bertz CT molecular complexity index is 469. The lowest BCUT2D eigenvalue weighted by molar-refractivity contribution is 0.0249. The minimum Gasteiger partial charge on any atom is -0.374 e. The van der Waals surface area contributed by atoms with Gasteiger partial charge < -0.3 is 9.64 Å². The van der Waals surface area contributed by atoms with Crippen molar-refractivity contribution in [1.82, 2.24) is 4.98 Å². The van der Waals surface area contributed by atoms with Crippen LogP contribution in [0, 0.1) is 17.6 Å². The molecule has 1 aromatic heterocycles. The smallest absolute Gasteiger partial charge is 0.251 e. The Morgan fingerprint density at radius 3 is 2.89 bits per heavy atom. The topological polar surface area (TPSA) is 25.4 Å². The zero-order valence-corrected chi connectivity index (χ0v) is 9.70. The second kappa shape index (κ2) is 4.42. The minimum absolute atomic E-state index is 0.0191. The average Bonchev–Trinajstić information content (AvgIpc) is 2.82. The van der Waals surface area contributed by atoms with Crippen LogP contribution in [-0.2, 0) is 4.74 Å². The number of aromatic nitrogens is 1. The Balaban J connectivity index is 1.96. The summed E-state index contributed by atoms with van der Waals surface area (Å²) in [7, 11) is 0. The SMILES string of the molecule is Fc1cc(F)c(N2CCOC3CCCC32)nc1F. The summed E-state index contributed by atoms with van der Waals surface area (Å²) < 4.78 is 45.3. The number of morpholine rings is 1. The molecule has 3 nitrogen and oxygen atoms in total. The van der Waals surface area contributed by atoms with E-state index >= 15 is 0 Å². The summed E-state index contributed by atoms with van der Waals surface area (Å²) in [6, 6.07) is 0.572. The second-order valence-electron chi connectivity index (χ2n) is 4.67. The summed E-state index contributed by atoms with van der Waals surface area (Å²) >= 11 is 0. The first kappa shape index (κ1) is 11.8. The fraction of sp³-hybridized carbons (Fsp3) is 0.583. The molecule has 0 bridgehead atoms. The number of fused-ring (bicyclic) bond motifs is 1. The highest BCUT2D eigenvalue weighted by molar-refractivity contribution is 5.42. The van der Waals surface area contributed by atoms with E-state index in [1.165, 1.54) is 0 Å². The third-order valence-electron chi connectivity index (χ3n) is 3.62. The zero-order valence-electron chi connectivity index (χ0n) is 9.70. The molecule has 1 saturated carbocycles. The number of halogens is 3. The van der Waals surface area contributed by atoms with Gasteiger partial charge in [0.15, 0.2) is 17.5 Å². The third kappa shape index (κ3) is 1.84. The highest BCUT2D eigenvalue weighted by atomic mass is 19.2. The fourth-order valence-electron chi connectivity index (χ4n) is 2.83. The maximum Gasteiger partial charge on any atom is 0.251 e. The van der Waals surface area contributed by atoms with Gasteiger partial charge in [-0.25, -0.2) is 8.78 Å². The number of anilines is 1. The number of ether oxygens (including phenoxy) is 1. The number of hydrogen-bond donors (Lipinski definition) is 0. The first-order valence-electron chi connectivity index (χ1n) is 6.06. The van der Waals surface area contributed by atoms with E-state index in [1.54, 1.807) is 4.90 Å². The van der Waals surface area contributed by atoms with E-state index in [4.69, 9.17) is 4.74 Å². The van der Waals surface area contributed by atoms with Gasteiger partial charge >= 0.3 is 0 Å². The molecule has 2 unspecified atom stereocenters. The van der Waals surface area contributed by atoms with Crippen LogP contribution in [0.4, 0.5) is 19.0 Å². The highest BCUT2D eigenvalue weighted by Gasteiger charge is 2.38. The largest absolute Gasteiger partial charge is 0.374 e. The molecular formula is C12H13F3N2O. The molecular weight excluding hydrogens is 245 g/mol. The van der Waals surface area contributed by atoms with Gasteiger partial charge in [0, 0.05) is 12.6 Å². The lowest BCUT2D eigenvalue weighted by Gasteiger charge is -2.38. The molecule has 2 atom stereocenters. The van der Waals surface area contributed by atoms with Gasteiger partial charge in [-0.3, -0.25) is 0 Å². The van der Waals surface area contributed by atoms with Crippen LogP contribution < -0.4 is 4.90 Å². The van der Waals surface area contributed by atoms with Crippen molar-refractivity contribution in [3.05, 3.63) is 23.6 Å². The van der Waals surface area contributed by atoms with Crippen molar-refractivity contribution in [2.45, 2.75) is 31.4 Å². The van der Waals surface area contributed by atoms with Gasteiger partial charge in [0.25, 0.3) is 5.95 Å². The van der Waals surface area contributed by atoms with Crippen LogP contribution in [-0.4, -0.2) is 30.3 Å². The molecule has 2 aliphatic rings. The van der Waals surface area contributed by atoms with Gasteiger partial charge in [-0.15, -0.1) is 0 Å². The maximum atomic E-state index is 13.7. The molecule has 0 radical (unpaired) electrons. The van der Waals surface area contributed by atoms with E-state index in [2.05, 4.69) is 4.98 Å². The van der Waals surface area contributed by atoms with Gasteiger partial charge in [0.05, 0.1) is 18.8 Å². The van der Waals surface area contributed by atoms with Crippen molar-refractivity contribution in [3.63, 3.8) is 0 Å². The first-order valence-corrected chi connectivity index (χ1v) is 6.06. The lowest BCUT2D eigenvalue weighted by Crippen LogP contribution is -2.49. The average molecular weight is 258 g/mol. The van der Waals surface area contributed by atoms with Crippen LogP contribution in [0.3, 0.4) is 0 Å². The molecule has 0 spiro atoms. The van der Waals surface area contributed by atoms with Crippen molar-refractivity contribution < 1.29 is 17.9 Å². The molecule has 3 rings (SSSR count). The Morgan fingerprint density at radius 2 is 2.06 bits per heavy atom. The summed E-state index contributed by atoms with van der Waals surface area (Å²) in [4.78, 5) is 5.12. The number of nitrogens with zero attached hydrogens (tertiary/aromatic N) is 2. The Morgan fingerprint density at radius 1 is 1.22 bits per heavy atom. The molecule has 1 aliphatic heterocycles. The van der Waals surface area contributed by atoms with Gasteiger partial charge in [0.2, 0.25) is 0 Å². The molecule has 0 N–H and O–H groups in total. The van der Waals surface area contributed by atoms with Crippen molar-refractivity contribution in [2.75, 3.05) is 18.1 Å². The maximum absolute atomic E-state index is 13.7. The predicted molar refractivity (Wildman–Crippen MR) is 58.8 cm³/mol. The van der Waals surface area contributed by atoms with Crippen LogP contribution in [0.25, 0.3) is 0 Å². The normalized spacial score (nSPS) is 27.4. The molecule has 2 heterocycles. The van der Waals surface area contributed by atoms with Crippen molar-refractivity contribution in [2.24, 2.45) is 0 Å². The van der Waals surface area contributed by atoms with E-state index in [0.717, 1.165) is 19.3 Å². The molecule has 0 aromatic carbocycles. The Labute approximate surface area is 103 Å². The first-order chi connectivity index (χ1) is 8.66. The van der Waals surface area contributed by atoms with Crippen LogP contribution in [0.1, 0.15) is 19.3 Å². The van der Waals surface area contributed by atoms with E-state index in [-0.39, 0.29) is 18.0 Å². The summed E-state index contributed by atoms with van der Waals surface area (Å²) in [6.45, 7) is 0.914. The van der Waals surface area contributed by atoms with Crippen molar-refractivity contribution in [1.29, 1.82) is 0 Å². The minimum atomic E-state index is -1.26. The summed E-state index contributed by atoms with van der Waals surface area (Å²) in [5, 5.41) is 0. The van der Waals surface area contributed by atoms with Crippen LogP contribution in [0.15, 0.2) is 6.07 Å². The second-order valence-corrected chi connectivity index (χ2v) is 4.67. The lowest BCUT2D eigenvalue weighted by atomic mass is 10.1. The molecule has 0 amide bonds. The van der Waals surface area contributed by atoms with Crippen LogP contribution in [0.2, 0.25) is 0 Å². The van der Waals surface area contributed by atoms with E-state index in [0.29, 0.717) is 19.2 Å². The van der Waals surface area contributed by atoms with Crippen molar-refractivity contribution >= 4 is 5.82 Å². The van der Waals surface area contributed by atoms with Crippen LogP contribution in [0.5, 0.6) is 0 Å². The van der Waals surface area contributed by atoms with E-state index < -0.39 is 17.6 Å². The number of hydrogen-bond acceptors (Lipinski definition) is 3. The molecule has 1 saturated heterocycles. The molecule has 1 aromatic rings. The molecule has 98 valence electrons. The fourth-order valence-corrected chi connectivity index (χ4v) is 2.83. The number of rotatable bonds is 1. The summed E-state index contributed by atoms with van der Waals surface area (Å²) in [6.07, 6.45) is 2.84. The van der Waals surface area contributed by atoms with Gasteiger partial charge in [-0.1, -0.05) is 0 Å².